The van der Waals surface area contributed by atoms with Crippen LogP contribution in [-0.4, -0.2) is 17.3 Å². The van der Waals surface area contributed by atoms with E-state index >= 15 is 0 Å². The third-order valence-corrected chi connectivity index (χ3v) is 3.04. The van der Waals surface area contributed by atoms with Crippen molar-refractivity contribution >= 4 is 0 Å². The van der Waals surface area contributed by atoms with E-state index in [2.05, 4.69) is 20.8 Å². The van der Waals surface area contributed by atoms with Gasteiger partial charge in [-0.05, 0) is 24.2 Å². The Balaban J connectivity index is 2.49. The molecule has 0 amide bonds. The molecule has 0 spiro atoms. The van der Waals surface area contributed by atoms with Gasteiger partial charge in [-0.15, -0.1) is 0 Å². The number of aliphatic hydroxyl groups is 1. The van der Waals surface area contributed by atoms with Gasteiger partial charge in [-0.2, -0.15) is 0 Å². The fourth-order valence-electron chi connectivity index (χ4n) is 2.06. The molecule has 2 nitrogen and oxygen atoms in total. The molecule has 0 radical (unpaired) electrons. The molecule has 0 unspecified atom stereocenters. The highest BCUT2D eigenvalue weighted by molar-refractivity contribution is 5.06. The summed E-state index contributed by atoms with van der Waals surface area (Å²) in [5, 5.41) is 9.00. The second-order valence-corrected chi connectivity index (χ2v) is 4.71. The molecule has 0 saturated heterocycles. The van der Waals surface area contributed by atoms with Crippen molar-refractivity contribution in [1.29, 1.82) is 0 Å². The minimum atomic E-state index is -0.00250. The maximum absolute atomic E-state index is 9.00. The smallest absolute Gasteiger partial charge is 0.0486 e. The molecule has 1 aliphatic rings. The zero-order valence-corrected chi connectivity index (χ0v) is 7.72. The molecule has 0 heterocycles. The summed E-state index contributed by atoms with van der Waals surface area (Å²) >= 11 is 0. The van der Waals surface area contributed by atoms with E-state index in [0.29, 0.717) is 5.92 Å². The van der Waals surface area contributed by atoms with E-state index in [9.17, 15) is 0 Å². The average Bonchev–Trinajstić information content (AvgIpc) is 1.84. The Hall–Kier alpha value is -0.0800. The molecule has 1 aliphatic carbocycles. The summed E-state index contributed by atoms with van der Waals surface area (Å²) in [5.74, 6) is 0.530. The molecule has 1 fully saturated rings. The maximum Gasteiger partial charge on any atom is 0.0486 e. The van der Waals surface area contributed by atoms with E-state index in [1.165, 1.54) is 0 Å². The van der Waals surface area contributed by atoms with Gasteiger partial charge in [0, 0.05) is 12.1 Å². The van der Waals surface area contributed by atoms with Gasteiger partial charge in [0.05, 0.1) is 0 Å². The average molecular weight is 157 g/mol. The van der Waals surface area contributed by atoms with Crippen LogP contribution in [-0.2, 0) is 0 Å². The predicted octanol–water partition coefficient (Wildman–Crippen LogP) is 1.13. The van der Waals surface area contributed by atoms with Crippen molar-refractivity contribution in [3.05, 3.63) is 0 Å². The highest BCUT2D eigenvalue weighted by Crippen LogP contribution is 2.49. The van der Waals surface area contributed by atoms with E-state index < -0.39 is 0 Å². The normalized spacial score (nSPS) is 44.2. The number of hydrogen-bond donors (Lipinski definition) is 2. The molecular formula is C9H19NO. The van der Waals surface area contributed by atoms with Gasteiger partial charge in [0.2, 0.25) is 0 Å². The van der Waals surface area contributed by atoms with E-state index in [1.54, 1.807) is 0 Å². The summed E-state index contributed by atoms with van der Waals surface area (Å²) in [6.07, 6.45) is 1.93. The van der Waals surface area contributed by atoms with Crippen molar-refractivity contribution in [2.45, 2.75) is 39.2 Å². The highest BCUT2D eigenvalue weighted by Gasteiger charge is 2.50. The molecule has 11 heavy (non-hydrogen) atoms. The molecule has 1 rings (SSSR count). The molecule has 0 aromatic carbocycles. The molecule has 0 bridgehead atoms. The molecule has 0 atom stereocenters. The van der Waals surface area contributed by atoms with Gasteiger partial charge in [-0.25, -0.2) is 0 Å². The molecule has 1 saturated carbocycles. The minimum Gasteiger partial charge on any atom is -0.396 e. The van der Waals surface area contributed by atoms with Crippen molar-refractivity contribution in [3.8, 4) is 0 Å². The zero-order chi connectivity index (χ0) is 8.70. The molecule has 3 N–H and O–H groups in total. The number of nitrogens with two attached hydrogens (primary N) is 1. The van der Waals surface area contributed by atoms with E-state index in [0.717, 1.165) is 12.8 Å². The lowest BCUT2D eigenvalue weighted by molar-refractivity contribution is -0.0302. The van der Waals surface area contributed by atoms with Crippen LogP contribution in [0, 0.1) is 11.3 Å². The van der Waals surface area contributed by atoms with Gasteiger partial charge >= 0.3 is 0 Å². The quantitative estimate of drug-likeness (QED) is 0.631. The van der Waals surface area contributed by atoms with E-state index in [4.69, 9.17) is 10.8 Å². The van der Waals surface area contributed by atoms with Gasteiger partial charge < -0.3 is 10.8 Å². The summed E-state index contributed by atoms with van der Waals surface area (Å²) in [4.78, 5) is 0. The zero-order valence-electron chi connectivity index (χ0n) is 7.72. The van der Waals surface area contributed by atoms with E-state index in [-0.39, 0.29) is 17.6 Å². The van der Waals surface area contributed by atoms with Gasteiger partial charge in [-0.3, -0.25) is 0 Å². The first kappa shape index (κ1) is 9.01. The first-order valence-corrected chi connectivity index (χ1v) is 4.32. The van der Waals surface area contributed by atoms with Crippen molar-refractivity contribution < 1.29 is 5.11 Å². The number of rotatable bonds is 2. The molecular weight excluding hydrogens is 138 g/mol. The third kappa shape index (κ3) is 1.42. The second-order valence-electron chi connectivity index (χ2n) is 4.71. The Morgan fingerprint density at radius 1 is 1.45 bits per heavy atom. The summed E-state index contributed by atoms with van der Waals surface area (Å²) in [6.45, 7) is 6.67. The topological polar surface area (TPSA) is 46.2 Å². The molecule has 0 aromatic rings. The predicted molar refractivity (Wildman–Crippen MR) is 46.2 cm³/mol. The number of hydrogen-bond acceptors (Lipinski definition) is 2. The Morgan fingerprint density at radius 3 is 2.18 bits per heavy atom. The molecule has 0 aromatic heterocycles. The van der Waals surface area contributed by atoms with Crippen LogP contribution in [0.2, 0.25) is 0 Å². The lowest BCUT2D eigenvalue weighted by atomic mass is 9.55. The van der Waals surface area contributed by atoms with Crippen molar-refractivity contribution in [3.63, 3.8) is 0 Å². The first-order chi connectivity index (χ1) is 4.92. The lowest BCUT2D eigenvalue weighted by Crippen LogP contribution is -2.61. The lowest BCUT2D eigenvalue weighted by Gasteiger charge is -2.54. The Morgan fingerprint density at radius 2 is 1.91 bits per heavy atom. The maximum atomic E-state index is 9.00. The summed E-state index contributed by atoms with van der Waals surface area (Å²) < 4.78 is 0. The van der Waals surface area contributed by atoms with Gasteiger partial charge in [0.15, 0.2) is 0 Å². The van der Waals surface area contributed by atoms with Crippen molar-refractivity contribution in [2.24, 2.45) is 17.1 Å². The van der Waals surface area contributed by atoms with Crippen LogP contribution in [0.3, 0.4) is 0 Å². The summed E-state index contributed by atoms with van der Waals surface area (Å²) in [6, 6.07) is 0. The Labute approximate surface area is 68.8 Å². The van der Waals surface area contributed by atoms with Gasteiger partial charge in [-0.1, -0.05) is 20.8 Å². The first-order valence-electron chi connectivity index (χ1n) is 4.32. The molecule has 66 valence electrons. The van der Waals surface area contributed by atoms with Crippen LogP contribution >= 0.6 is 0 Å². The third-order valence-electron chi connectivity index (χ3n) is 3.04. The Bertz CT molecular complexity index is 148. The highest BCUT2D eigenvalue weighted by atomic mass is 16.3. The van der Waals surface area contributed by atoms with Gasteiger partial charge in [0.25, 0.3) is 0 Å². The van der Waals surface area contributed by atoms with Crippen molar-refractivity contribution in [1.82, 2.24) is 0 Å². The summed E-state index contributed by atoms with van der Waals surface area (Å²) in [5.41, 5.74) is 6.19. The second kappa shape index (κ2) is 2.46. The van der Waals surface area contributed by atoms with Crippen LogP contribution in [0.15, 0.2) is 0 Å². The summed E-state index contributed by atoms with van der Waals surface area (Å²) in [7, 11) is 0. The fourth-order valence-corrected chi connectivity index (χ4v) is 2.06. The number of aliphatic hydroxyl groups excluding tert-OH is 1. The van der Waals surface area contributed by atoms with Crippen LogP contribution in [0.5, 0.6) is 0 Å². The SMILES string of the molecule is CC(C)C1(N)CC(C)(CO)C1. The molecule has 2 heteroatoms. The molecule has 0 aliphatic heterocycles. The van der Waals surface area contributed by atoms with Crippen LogP contribution < -0.4 is 5.73 Å². The standard InChI is InChI=1S/C9H19NO/c1-7(2)9(10)4-8(3,5-9)6-11/h7,11H,4-6,10H2,1-3H3. The van der Waals surface area contributed by atoms with Gasteiger partial charge in [0.1, 0.15) is 0 Å². The van der Waals surface area contributed by atoms with Crippen molar-refractivity contribution in [2.75, 3.05) is 6.61 Å². The minimum absolute atomic E-state index is 0.00250. The largest absolute Gasteiger partial charge is 0.396 e. The van der Waals surface area contributed by atoms with Crippen LogP contribution in [0.25, 0.3) is 0 Å². The van der Waals surface area contributed by atoms with Crippen LogP contribution in [0.1, 0.15) is 33.6 Å². The fraction of sp³-hybridized carbons (Fsp3) is 1.00. The monoisotopic (exact) mass is 157 g/mol. The van der Waals surface area contributed by atoms with Crippen LogP contribution in [0.4, 0.5) is 0 Å². The Kier molecular flexibility index (Phi) is 2.01. The van der Waals surface area contributed by atoms with E-state index in [1.807, 2.05) is 0 Å².